The van der Waals surface area contributed by atoms with Crippen molar-refractivity contribution in [2.24, 2.45) is 4.99 Å². The third-order valence-electron chi connectivity index (χ3n) is 4.46. The van der Waals surface area contributed by atoms with Gasteiger partial charge in [-0.25, -0.2) is 9.98 Å². The highest BCUT2D eigenvalue weighted by Gasteiger charge is 2.32. The monoisotopic (exact) mass is 489 g/mol. The number of hydrogen-bond acceptors (Lipinski definition) is 7. The van der Waals surface area contributed by atoms with Crippen LogP contribution >= 0.6 is 46.0 Å². The Bertz CT molecular complexity index is 1140. The van der Waals surface area contributed by atoms with Crippen LogP contribution in [0.1, 0.15) is 28.9 Å². The molecule has 0 unspecified atom stereocenters. The van der Waals surface area contributed by atoms with Crippen molar-refractivity contribution in [3.05, 3.63) is 67.4 Å². The summed E-state index contributed by atoms with van der Waals surface area (Å²) >= 11 is 11.1. The Morgan fingerprint density at radius 1 is 1.29 bits per heavy atom. The fourth-order valence-electron chi connectivity index (χ4n) is 3.01. The van der Waals surface area contributed by atoms with Gasteiger partial charge in [0.25, 0.3) is 5.91 Å². The number of aryl methyl sites for hydroxylation is 1. The van der Waals surface area contributed by atoms with E-state index < -0.39 is 0 Å². The van der Waals surface area contributed by atoms with Crippen molar-refractivity contribution in [1.29, 1.82) is 0 Å². The zero-order valence-electron chi connectivity index (χ0n) is 17.0. The highest BCUT2D eigenvalue weighted by Crippen LogP contribution is 2.35. The van der Waals surface area contributed by atoms with Crippen LogP contribution < -0.4 is 9.64 Å². The number of thiazole rings is 1. The van der Waals surface area contributed by atoms with E-state index >= 15 is 0 Å². The normalized spacial score (nSPS) is 15.1. The Morgan fingerprint density at radius 2 is 2.16 bits per heavy atom. The molecule has 0 aliphatic carbocycles. The number of nitrogens with zero attached hydrogens (tertiary/aromatic N) is 3. The number of hydrogen-bond donors (Lipinski definition) is 0. The zero-order valence-corrected chi connectivity index (χ0v) is 20.2. The largest absolute Gasteiger partial charge is 0.495 e. The summed E-state index contributed by atoms with van der Waals surface area (Å²) in [6, 6.07) is 9.21. The number of methoxy groups -OCH3 is 1. The number of thiophene rings is 1. The SMILES string of the molecule is CCCc1nc(CSC2=N/C(=C/c3cccs3)C(=O)N2c2ccc(OC)c(Cl)c2)cs1. The van der Waals surface area contributed by atoms with Gasteiger partial charge < -0.3 is 4.74 Å². The first kappa shape index (κ1) is 22.1. The van der Waals surface area contributed by atoms with Gasteiger partial charge in [-0.05, 0) is 48.6 Å². The van der Waals surface area contributed by atoms with Crippen LogP contribution in [-0.2, 0) is 17.0 Å². The lowest BCUT2D eigenvalue weighted by Crippen LogP contribution is -2.30. The summed E-state index contributed by atoms with van der Waals surface area (Å²) in [5.74, 6) is 1.02. The number of aromatic nitrogens is 1. The number of amides is 1. The molecule has 0 atom stereocenters. The summed E-state index contributed by atoms with van der Waals surface area (Å²) in [6.07, 6.45) is 3.88. The number of ether oxygens (including phenoxy) is 1. The zero-order chi connectivity index (χ0) is 21.8. The van der Waals surface area contributed by atoms with E-state index in [9.17, 15) is 4.79 Å². The minimum atomic E-state index is -0.179. The highest BCUT2D eigenvalue weighted by molar-refractivity contribution is 8.13. The molecule has 31 heavy (non-hydrogen) atoms. The molecule has 1 aliphatic heterocycles. The summed E-state index contributed by atoms with van der Waals surface area (Å²) in [5, 5.41) is 6.24. The number of carbonyl (C=O) groups excluding carboxylic acids is 1. The molecule has 9 heteroatoms. The molecule has 3 aromatic rings. The van der Waals surface area contributed by atoms with Gasteiger partial charge in [0, 0.05) is 16.0 Å². The lowest BCUT2D eigenvalue weighted by atomic mass is 10.2. The van der Waals surface area contributed by atoms with Gasteiger partial charge in [0.1, 0.15) is 11.4 Å². The van der Waals surface area contributed by atoms with Crippen LogP contribution in [0.2, 0.25) is 5.02 Å². The topological polar surface area (TPSA) is 54.8 Å². The predicted molar refractivity (Wildman–Crippen MR) is 133 cm³/mol. The molecular weight excluding hydrogens is 470 g/mol. The van der Waals surface area contributed by atoms with Crippen molar-refractivity contribution in [3.63, 3.8) is 0 Å². The Morgan fingerprint density at radius 3 is 2.87 bits per heavy atom. The lowest BCUT2D eigenvalue weighted by molar-refractivity contribution is -0.113. The van der Waals surface area contributed by atoms with Crippen LogP contribution in [0.4, 0.5) is 5.69 Å². The Balaban J connectivity index is 1.63. The first-order valence-electron chi connectivity index (χ1n) is 9.67. The second-order valence-electron chi connectivity index (χ2n) is 6.67. The smallest absolute Gasteiger partial charge is 0.283 e. The van der Waals surface area contributed by atoms with Gasteiger partial charge in [0.05, 0.1) is 28.5 Å². The minimum Gasteiger partial charge on any atom is -0.495 e. The van der Waals surface area contributed by atoms with E-state index in [-0.39, 0.29) is 5.91 Å². The maximum atomic E-state index is 13.3. The first-order valence-corrected chi connectivity index (χ1v) is 12.8. The maximum Gasteiger partial charge on any atom is 0.283 e. The molecule has 160 valence electrons. The molecule has 0 fully saturated rings. The van der Waals surface area contributed by atoms with Crippen LogP contribution in [0.5, 0.6) is 5.75 Å². The number of aliphatic imine (C=N–C) groups is 1. The molecule has 0 saturated carbocycles. The highest BCUT2D eigenvalue weighted by atomic mass is 35.5. The van der Waals surface area contributed by atoms with Crippen molar-refractivity contribution in [3.8, 4) is 5.75 Å². The summed E-state index contributed by atoms with van der Waals surface area (Å²) in [5.41, 5.74) is 2.06. The number of rotatable bonds is 7. The van der Waals surface area contributed by atoms with Crippen molar-refractivity contribution in [2.45, 2.75) is 25.5 Å². The molecule has 3 heterocycles. The fourth-order valence-corrected chi connectivity index (χ4v) is 5.82. The molecule has 4 rings (SSSR count). The standard InChI is InChI=1S/C22H20ClN3O2S3/c1-3-5-20-24-14(12-30-20)13-31-22-25-18(11-16-6-4-9-29-16)21(27)26(22)15-7-8-19(28-2)17(23)10-15/h4,6-12H,3,5,13H2,1-2H3/b18-11+. The average Bonchev–Trinajstić information content (AvgIpc) is 3.49. The van der Waals surface area contributed by atoms with Crippen molar-refractivity contribution in [2.75, 3.05) is 12.0 Å². The van der Waals surface area contributed by atoms with E-state index in [0.717, 1.165) is 28.4 Å². The van der Waals surface area contributed by atoms with Crippen LogP contribution in [0.25, 0.3) is 6.08 Å². The summed E-state index contributed by atoms with van der Waals surface area (Å²) < 4.78 is 5.25. The van der Waals surface area contributed by atoms with Gasteiger partial charge >= 0.3 is 0 Å². The van der Waals surface area contributed by atoms with Crippen molar-refractivity contribution < 1.29 is 9.53 Å². The molecule has 1 aromatic carbocycles. The van der Waals surface area contributed by atoms with Gasteiger partial charge in [0.2, 0.25) is 0 Å². The molecule has 0 N–H and O–H groups in total. The Kier molecular flexibility index (Phi) is 7.12. The van der Waals surface area contributed by atoms with E-state index in [2.05, 4.69) is 22.3 Å². The van der Waals surface area contributed by atoms with Gasteiger partial charge in [-0.2, -0.15) is 0 Å². The molecule has 0 spiro atoms. The van der Waals surface area contributed by atoms with E-state index in [1.807, 2.05) is 29.7 Å². The Labute approximate surface area is 198 Å². The molecule has 1 aliphatic rings. The van der Waals surface area contributed by atoms with E-state index in [4.69, 9.17) is 16.3 Å². The lowest BCUT2D eigenvalue weighted by Gasteiger charge is -2.18. The summed E-state index contributed by atoms with van der Waals surface area (Å²) in [4.78, 5) is 25.2. The molecule has 0 radical (unpaired) electrons. The maximum absolute atomic E-state index is 13.3. The van der Waals surface area contributed by atoms with Gasteiger partial charge in [0.15, 0.2) is 5.17 Å². The summed E-state index contributed by atoms with van der Waals surface area (Å²) in [6.45, 7) is 2.15. The third-order valence-corrected chi connectivity index (χ3v) is 7.50. The number of anilines is 1. The second-order valence-corrected chi connectivity index (χ2v) is 9.94. The van der Waals surface area contributed by atoms with Crippen LogP contribution in [0.15, 0.2) is 51.8 Å². The van der Waals surface area contributed by atoms with Crippen LogP contribution in [-0.4, -0.2) is 23.2 Å². The van der Waals surface area contributed by atoms with Gasteiger partial charge in [-0.1, -0.05) is 36.4 Å². The number of thioether (sulfide) groups is 1. The predicted octanol–water partition coefficient (Wildman–Crippen LogP) is 6.50. The van der Waals surface area contributed by atoms with E-state index in [1.165, 1.54) is 11.8 Å². The second kappa shape index (κ2) is 9.99. The van der Waals surface area contributed by atoms with Crippen LogP contribution in [0.3, 0.4) is 0 Å². The number of amidine groups is 1. The van der Waals surface area contributed by atoms with E-state index in [1.54, 1.807) is 46.8 Å². The van der Waals surface area contributed by atoms with Crippen LogP contribution in [0, 0.1) is 0 Å². The molecule has 0 saturated heterocycles. The van der Waals surface area contributed by atoms with Crippen molar-refractivity contribution in [1.82, 2.24) is 4.98 Å². The molecule has 0 bridgehead atoms. The molecule has 5 nitrogen and oxygen atoms in total. The Hall–Kier alpha value is -2.13. The first-order chi connectivity index (χ1) is 15.1. The third kappa shape index (κ3) is 5.03. The molecular formula is C22H20ClN3O2S3. The number of benzene rings is 1. The van der Waals surface area contributed by atoms with E-state index in [0.29, 0.717) is 33.1 Å². The minimum absolute atomic E-state index is 0.179. The number of carbonyl (C=O) groups is 1. The van der Waals surface area contributed by atoms with Gasteiger partial charge in [-0.15, -0.1) is 22.7 Å². The summed E-state index contributed by atoms with van der Waals surface area (Å²) in [7, 11) is 1.56. The fraction of sp³-hybridized carbons (Fsp3) is 0.227. The molecule has 2 aromatic heterocycles. The van der Waals surface area contributed by atoms with Crippen molar-refractivity contribution >= 4 is 68.9 Å². The van der Waals surface area contributed by atoms with Gasteiger partial charge in [-0.3, -0.25) is 9.69 Å². The number of halogens is 1. The quantitative estimate of drug-likeness (QED) is 0.355. The molecule has 1 amide bonds. The average molecular weight is 490 g/mol.